The predicted octanol–water partition coefficient (Wildman–Crippen LogP) is -0.558. The van der Waals surface area contributed by atoms with E-state index in [-0.39, 0.29) is 17.8 Å². The third-order valence-electron chi connectivity index (χ3n) is 2.30. The summed E-state index contributed by atoms with van der Waals surface area (Å²) in [7, 11) is 3.57. The van der Waals surface area contributed by atoms with Gasteiger partial charge in [0.2, 0.25) is 23.8 Å². The highest BCUT2D eigenvalue weighted by atomic mass is 16.1. The summed E-state index contributed by atoms with van der Waals surface area (Å²) in [5.41, 5.74) is 10.9. The molecule has 5 N–H and O–H groups in total. The van der Waals surface area contributed by atoms with Crippen molar-refractivity contribution in [1.29, 1.82) is 0 Å². The van der Waals surface area contributed by atoms with E-state index in [2.05, 4.69) is 20.3 Å². The van der Waals surface area contributed by atoms with Crippen molar-refractivity contribution < 1.29 is 4.79 Å². The van der Waals surface area contributed by atoms with Crippen LogP contribution in [0.1, 0.15) is 13.8 Å². The number of hydrogen-bond donors (Lipinski definition) is 3. The predicted molar refractivity (Wildman–Crippen MR) is 70.0 cm³/mol. The fourth-order valence-corrected chi connectivity index (χ4v) is 1.35. The number of nitrogen functional groups attached to an aromatic ring is 1. The number of nitrogens with two attached hydrogens (primary N) is 2. The van der Waals surface area contributed by atoms with E-state index < -0.39 is 11.9 Å². The molecular formula is C10H19N7O. The molecule has 1 rings (SSSR count). The first-order valence-electron chi connectivity index (χ1n) is 5.56. The first-order chi connectivity index (χ1) is 8.31. The van der Waals surface area contributed by atoms with Crippen LogP contribution in [-0.2, 0) is 4.79 Å². The molecule has 0 fully saturated rings. The van der Waals surface area contributed by atoms with Gasteiger partial charge in [-0.25, -0.2) is 0 Å². The maximum atomic E-state index is 11.3. The summed E-state index contributed by atoms with van der Waals surface area (Å²) in [5.74, 6) is 0.294. The zero-order chi connectivity index (χ0) is 13.9. The smallest absolute Gasteiger partial charge is 0.240 e. The molecule has 0 aromatic carbocycles. The number of rotatable bonds is 5. The van der Waals surface area contributed by atoms with Crippen molar-refractivity contribution in [3.8, 4) is 0 Å². The largest absolute Gasteiger partial charge is 0.368 e. The molecule has 0 bridgehead atoms. The highest BCUT2D eigenvalue weighted by Gasteiger charge is 2.21. The standard InChI is InChI=1S/C10H19N7O/c1-5(2)6(7(11)18)13-9-14-8(12)15-10(16-9)17(3)4/h5-6H,1-4H3,(H2,11,18)(H3,12,13,14,15,16). The van der Waals surface area contributed by atoms with Gasteiger partial charge in [0.15, 0.2) is 0 Å². The SMILES string of the molecule is CC(C)C(Nc1nc(N)nc(N(C)C)n1)C(N)=O. The Bertz CT molecular complexity index is 432. The lowest BCUT2D eigenvalue weighted by Gasteiger charge is -2.19. The third-order valence-corrected chi connectivity index (χ3v) is 2.30. The molecule has 1 atom stereocenters. The van der Waals surface area contributed by atoms with Gasteiger partial charge in [-0.15, -0.1) is 0 Å². The molecule has 1 unspecified atom stereocenters. The van der Waals surface area contributed by atoms with E-state index in [1.54, 1.807) is 19.0 Å². The van der Waals surface area contributed by atoms with Gasteiger partial charge in [0.25, 0.3) is 0 Å². The molecule has 0 aliphatic heterocycles. The average molecular weight is 253 g/mol. The van der Waals surface area contributed by atoms with Crippen molar-refractivity contribution in [2.24, 2.45) is 11.7 Å². The lowest BCUT2D eigenvalue weighted by molar-refractivity contribution is -0.119. The van der Waals surface area contributed by atoms with Crippen LogP contribution in [0.3, 0.4) is 0 Å². The van der Waals surface area contributed by atoms with Crippen molar-refractivity contribution in [3.63, 3.8) is 0 Å². The van der Waals surface area contributed by atoms with Gasteiger partial charge >= 0.3 is 0 Å². The fourth-order valence-electron chi connectivity index (χ4n) is 1.35. The Morgan fingerprint density at radius 1 is 1.28 bits per heavy atom. The van der Waals surface area contributed by atoms with E-state index in [0.717, 1.165) is 0 Å². The van der Waals surface area contributed by atoms with Gasteiger partial charge < -0.3 is 21.7 Å². The zero-order valence-electron chi connectivity index (χ0n) is 11.0. The summed E-state index contributed by atoms with van der Waals surface area (Å²) >= 11 is 0. The second kappa shape index (κ2) is 5.48. The quantitative estimate of drug-likeness (QED) is 0.642. The number of amides is 1. The van der Waals surface area contributed by atoms with Gasteiger partial charge in [-0.05, 0) is 5.92 Å². The molecule has 18 heavy (non-hydrogen) atoms. The van der Waals surface area contributed by atoms with Gasteiger partial charge in [0.1, 0.15) is 6.04 Å². The molecule has 1 aromatic rings. The van der Waals surface area contributed by atoms with Crippen molar-refractivity contribution >= 4 is 23.8 Å². The maximum Gasteiger partial charge on any atom is 0.240 e. The lowest BCUT2D eigenvalue weighted by atomic mass is 10.0. The number of nitrogens with zero attached hydrogens (tertiary/aromatic N) is 4. The normalized spacial score (nSPS) is 12.3. The van der Waals surface area contributed by atoms with Crippen LogP contribution in [0.5, 0.6) is 0 Å². The molecule has 8 nitrogen and oxygen atoms in total. The Kier molecular flexibility index (Phi) is 4.24. The molecule has 0 aliphatic rings. The van der Waals surface area contributed by atoms with Crippen LogP contribution in [-0.4, -0.2) is 41.0 Å². The minimum atomic E-state index is -0.554. The van der Waals surface area contributed by atoms with Gasteiger partial charge in [-0.2, -0.15) is 15.0 Å². The van der Waals surface area contributed by atoms with Crippen LogP contribution in [0.15, 0.2) is 0 Å². The molecule has 0 saturated heterocycles. The van der Waals surface area contributed by atoms with E-state index in [1.165, 1.54) is 0 Å². The third kappa shape index (κ3) is 3.44. The number of primary amides is 1. The molecule has 1 heterocycles. The molecule has 1 amide bonds. The van der Waals surface area contributed by atoms with Crippen molar-refractivity contribution in [1.82, 2.24) is 15.0 Å². The number of anilines is 3. The van der Waals surface area contributed by atoms with Gasteiger partial charge in [0.05, 0.1) is 0 Å². The van der Waals surface area contributed by atoms with Crippen LogP contribution in [0, 0.1) is 5.92 Å². The Morgan fingerprint density at radius 3 is 2.33 bits per heavy atom. The minimum absolute atomic E-state index is 0.0169. The van der Waals surface area contributed by atoms with Gasteiger partial charge in [0, 0.05) is 14.1 Å². The first-order valence-corrected chi connectivity index (χ1v) is 5.56. The summed E-state index contributed by atoms with van der Waals surface area (Å²) in [4.78, 5) is 25.0. The van der Waals surface area contributed by atoms with Gasteiger partial charge in [-0.1, -0.05) is 13.8 Å². The summed E-state index contributed by atoms with van der Waals surface area (Å²) in [6.07, 6.45) is 0. The molecule has 0 radical (unpaired) electrons. The van der Waals surface area contributed by atoms with E-state index >= 15 is 0 Å². The minimum Gasteiger partial charge on any atom is -0.368 e. The molecule has 0 spiro atoms. The number of carbonyl (C=O) groups excluding carboxylic acids is 1. The van der Waals surface area contributed by atoms with Crippen molar-refractivity contribution in [2.75, 3.05) is 30.0 Å². The molecule has 8 heteroatoms. The molecule has 100 valence electrons. The lowest BCUT2D eigenvalue weighted by Crippen LogP contribution is -2.40. The van der Waals surface area contributed by atoms with Crippen molar-refractivity contribution in [2.45, 2.75) is 19.9 Å². The summed E-state index contributed by atoms with van der Waals surface area (Å²) < 4.78 is 0. The zero-order valence-corrected chi connectivity index (χ0v) is 11.0. The van der Waals surface area contributed by atoms with Crippen LogP contribution >= 0.6 is 0 Å². The monoisotopic (exact) mass is 253 g/mol. The Labute approximate surface area is 106 Å². The number of aromatic nitrogens is 3. The van der Waals surface area contributed by atoms with Crippen LogP contribution in [0.4, 0.5) is 17.8 Å². The second-order valence-corrected chi connectivity index (χ2v) is 4.48. The topological polar surface area (TPSA) is 123 Å². The van der Waals surface area contributed by atoms with Crippen LogP contribution in [0.2, 0.25) is 0 Å². The van der Waals surface area contributed by atoms with Crippen LogP contribution in [0.25, 0.3) is 0 Å². The van der Waals surface area contributed by atoms with Crippen molar-refractivity contribution in [3.05, 3.63) is 0 Å². The summed E-state index contributed by atoms with van der Waals surface area (Å²) in [6, 6.07) is -0.554. The maximum absolute atomic E-state index is 11.3. The molecule has 0 aliphatic carbocycles. The average Bonchev–Trinajstić information content (AvgIpc) is 2.24. The summed E-state index contributed by atoms with van der Waals surface area (Å²) in [6.45, 7) is 3.75. The molecular weight excluding hydrogens is 234 g/mol. The van der Waals surface area contributed by atoms with E-state index in [0.29, 0.717) is 5.95 Å². The van der Waals surface area contributed by atoms with Crippen LogP contribution < -0.4 is 21.7 Å². The summed E-state index contributed by atoms with van der Waals surface area (Å²) in [5, 5.41) is 2.87. The Hall–Kier alpha value is -2.12. The number of hydrogen-bond acceptors (Lipinski definition) is 7. The Morgan fingerprint density at radius 2 is 1.89 bits per heavy atom. The fraction of sp³-hybridized carbons (Fsp3) is 0.600. The van der Waals surface area contributed by atoms with Gasteiger partial charge in [-0.3, -0.25) is 4.79 Å². The van der Waals surface area contributed by atoms with E-state index in [1.807, 2.05) is 13.8 Å². The van der Waals surface area contributed by atoms with E-state index in [9.17, 15) is 4.79 Å². The number of nitrogens with one attached hydrogen (secondary N) is 1. The first kappa shape index (κ1) is 13.9. The highest BCUT2D eigenvalue weighted by Crippen LogP contribution is 2.12. The molecule has 0 saturated carbocycles. The highest BCUT2D eigenvalue weighted by molar-refractivity contribution is 5.82. The Balaban J connectivity index is 2.99. The van der Waals surface area contributed by atoms with E-state index in [4.69, 9.17) is 11.5 Å². The number of carbonyl (C=O) groups is 1. The molecule has 1 aromatic heterocycles. The second-order valence-electron chi connectivity index (χ2n) is 4.48.